The summed E-state index contributed by atoms with van der Waals surface area (Å²) in [6.45, 7) is 0.439. The minimum Gasteiger partial charge on any atom is -0.492 e. The van der Waals surface area contributed by atoms with Crippen LogP contribution in [0.4, 0.5) is 0 Å². The lowest BCUT2D eigenvalue weighted by Gasteiger charge is -2.23. The summed E-state index contributed by atoms with van der Waals surface area (Å²) in [5.41, 5.74) is 1.65. The summed E-state index contributed by atoms with van der Waals surface area (Å²) in [4.78, 5) is 19.2. The maximum Gasteiger partial charge on any atom is 0.173 e. The van der Waals surface area contributed by atoms with Crippen molar-refractivity contribution in [3.05, 3.63) is 48.0 Å². The number of carbonyl (C=O) groups is 1. The average Bonchev–Trinajstić information content (AvgIpc) is 2.86. The Morgan fingerprint density at radius 3 is 3.12 bits per heavy atom. The zero-order valence-corrected chi connectivity index (χ0v) is 9.22. The van der Waals surface area contributed by atoms with E-state index in [-0.39, 0.29) is 11.7 Å². The van der Waals surface area contributed by atoms with E-state index < -0.39 is 0 Å². The molecule has 0 aliphatic carbocycles. The highest BCUT2D eigenvalue weighted by molar-refractivity contribution is 6.01. The Morgan fingerprint density at radius 1 is 1.41 bits per heavy atom. The number of nitrogens with zero attached hydrogens (tertiary/aromatic N) is 1. The van der Waals surface area contributed by atoms with Crippen LogP contribution in [0.25, 0.3) is 0 Å². The minimum atomic E-state index is -0.120. The maximum atomic E-state index is 12.2. The second-order valence-electron chi connectivity index (χ2n) is 4.15. The quantitative estimate of drug-likeness (QED) is 0.853. The summed E-state index contributed by atoms with van der Waals surface area (Å²) in [7, 11) is 0. The van der Waals surface area contributed by atoms with Gasteiger partial charge < -0.3 is 9.72 Å². The summed E-state index contributed by atoms with van der Waals surface area (Å²) in [6, 6.07) is 7.39. The first-order valence-corrected chi connectivity index (χ1v) is 5.58. The molecule has 2 aromatic rings. The molecular weight excluding hydrogens is 216 g/mol. The van der Waals surface area contributed by atoms with E-state index in [2.05, 4.69) is 9.97 Å². The highest BCUT2D eigenvalue weighted by Crippen LogP contribution is 2.28. The molecule has 1 unspecified atom stereocenters. The molecule has 1 N–H and O–H groups in total. The fraction of sp³-hybridized carbons (Fsp3) is 0.231. The lowest BCUT2D eigenvalue weighted by molar-refractivity contribution is 0.0829. The van der Waals surface area contributed by atoms with Gasteiger partial charge in [-0.05, 0) is 12.1 Å². The van der Waals surface area contributed by atoms with Gasteiger partial charge in [0.15, 0.2) is 5.78 Å². The first-order chi connectivity index (χ1) is 8.34. The Hall–Kier alpha value is -2.10. The molecule has 0 saturated carbocycles. The van der Waals surface area contributed by atoms with E-state index in [0.29, 0.717) is 24.3 Å². The van der Waals surface area contributed by atoms with Gasteiger partial charge in [0.1, 0.15) is 5.75 Å². The van der Waals surface area contributed by atoms with Crippen molar-refractivity contribution in [3.8, 4) is 5.75 Å². The Labute approximate surface area is 98.6 Å². The number of imidazole rings is 1. The van der Waals surface area contributed by atoms with Crippen LogP contribution in [0.15, 0.2) is 36.8 Å². The van der Waals surface area contributed by atoms with Gasteiger partial charge in [-0.15, -0.1) is 0 Å². The molecule has 2 heterocycles. The van der Waals surface area contributed by atoms with Crippen LogP contribution in [0.3, 0.4) is 0 Å². The van der Waals surface area contributed by atoms with Gasteiger partial charge in [-0.1, -0.05) is 12.1 Å². The number of ether oxygens (including phenoxy) is 1. The number of hydrogen-bond acceptors (Lipinski definition) is 3. The lowest BCUT2D eigenvalue weighted by atomic mass is 9.91. The third-order valence-electron chi connectivity index (χ3n) is 2.98. The van der Waals surface area contributed by atoms with Crippen LogP contribution >= 0.6 is 0 Å². The van der Waals surface area contributed by atoms with Crippen LogP contribution in [-0.2, 0) is 6.42 Å². The smallest absolute Gasteiger partial charge is 0.173 e. The SMILES string of the molecule is O=C1c2ccccc2OCC1Cc1cnc[nH]1. The van der Waals surface area contributed by atoms with Gasteiger partial charge in [-0.25, -0.2) is 4.98 Å². The largest absolute Gasteiger partial charge is 0.492 e. The van der Waals surface area contributed by atoms with Gasteiger partial charge >= 0.3 is 0 Å². The van der Waals surface area contributed by atoms with Gasteiger partial charge in [0.05, 0.1) is 24.4 Å². The van der Waals surface area contributed by atoms with Crippen molar-refractivity contribution >= 4 is 5.78 Å². The third-order valence-corrected chi connectivity index (χ3v) is 2.98. The molecule has 17 heavy (non-hydrogen) atoms. The molecular formula is C13H12N2O2. The Kier molecular flexibility index (Phi) is 2.40. The van der Waals surface area contributed by atoms with Crippen LogP contribution in [-0.4, -0.2) is 22.4 Å². The minimum absolute atomic E-state index is 0.120. The van der Waals surface area contributed by atoms with E-state index >= 15 is 0 Å². The van der Waals surface area contributed by atoms with Crippen LogP contribution in [0.2, 0.25) is 0 Å². The summed E-state index contributed by atoms with van der Waals surface area (Å²) in [6.07, 6.45) is 4.01. The Balaban J connectivity index is 1.84. The van der Waals surface area contributed by atoms with Crippen LogP contribution in [0.5, 0.6) is 5.75 Å². The summed E-state index contributed by atoms with van der Waals surface area (Å²) in [5.74, 6) is 0.727. The maximum absolute atomic E-state index is 12.2. The molecule has 1 aliphatic rings. The summed E-state index contributed by atoms with van der Waals surface area (Å²) >= 11 is 0. The predicted octanol–water partition coefficient (Wildman–Crippen LogP) is 1.84. The molecule has 0 fully saturated rings. The number of carbonyl (C=O) groups excluding carboxylic acids is 1. The number of H-pyrrole nitrogens is 1. The predicted molar refractivity (Wildman–Crippen MR) is 62.0 cm³/mol. The number of hydrogen-bond donors (Lipinski definition) is 1. The van der Waals surface area contributed by atoms with E-state index in [0.717, 1.165) is 5.69 Å². The standard InChI is InChI=1S/C13H12N2O2/c16-13-9(5-10-6-14-8-15-10)7-17-12-4-2-1-3-11(12)13/h1-4,6,8-9H,5,7H2,(H,14,15). The highest BCUT2D eigenvalue weighted by Gasteiger charge is 2.28. The van der Waals surface area contributed by atoms with E-state index in [1.54, 1.807) is 12.5 Å². The molecule has 0 spiro atoms. The summed E-state index contributed by atoms with van der Waals surface area (Å²) in [5, 5.41) is 0. The van der Waals surface area contributed by atoms with Gasteiger partial charge in [0, 0.05) is 18.3 Å². The van der Waals surface area contributed by atoms with E-state index in [9.17, 15) is 4.79 Å². The molecule has 0 radical (unpaired) electrons. The molecule has 1 aliphatic heterocycles. The van der Waals surface area contributed by atoms with Gasteiger partial charge in [0.2, 0.25) is 0 Å². The van der Waals surface area contributed by atoms with Crippen LogP contribution < -0.4 is 4.74 Å². The molecule has 1 atom stereocenters. The number of ketones is 1. The first kappa shape index (κ1) is 10.1. The van der Waals surface area contributed by atoms with Gasteiger partial charge in [0.25, 0.3) is 0 Å². The zero-order valence-electron chi connectivity index (χ0n) is 9.22. The van der Waals surface area contributed by atoms with Crippen molar-refractivity contribution < 1.29 is 9.53 Å². The normalized spacial score (nSPS) is 18.6. The lowest BCUT2D eigenvalue weighted by Crippen LogP contribution is -2.29. The fourth-order valence-corrected chi connectivity index (χ4v) is 2.10. The molecule has 86 valence electrons. The van der Waals surface area contributed by atoms with Crippen molar-refractivity contribution in [3.63, 3.8) is 0 Å². The second kappa shape index (κ2) is 4.05. The van der Waals surface area contributed by atoms with Crippen molar-refractivity contribution in [2.75, 3.05) is 6.61 Å². The number of nitrogens with one attached hydrogen (secondary N) is 1. The number of para-hydroxylation sites is 1. The average molecular weight is 228 g/mol. The highest BCUT2D eigenvalue weighted by atomic mass is 16.5. The number of fused-ring (bicyclic) bond motifs is 1. The van der Waals surface area contributed by atoms with Gasteiger partial charge in [-0.3, -0.25) is 4.79 Å². The third kappa shape index (κ3) is 1.82. The first-order valence-electron chi connectivity index (χ1n) is 5.58. The zero-order chi connectivity index (χ0) is 11.7. The molecule has 4 nitrogen and oxygen atoms in total. The Bertz CT molecular complexity index is 534. The fourth-order valence-electron chi connectivity index (χ4n) is 2.10. The van der Waals surface area contributed by atoms with Crippen molar-refractivity contribution in [2.45, 2.75) is 6.42 Å². The summed E-state index contributed by atoms with van der Waals surface area (Å²) < 4.78 is 5.60. The van der Waals surface area contributed by atoms with Crippen molar-refractivity contribution in [1.29, 1.82) is 0 Å². The van der Waals surface area contributed by atoms with E-state index in [4.69, 9.17) is 4.74 Å². The number of benzene rings is 1. The van der Waals surface area contributed by atoms with Crippen molar-refractivity contribution in [2.24, 2.45) is 5.92 Å². The number of aromatic amines is 1. The molecule has 0 saturated heterocycles. The van der Waals surface area contributed by atoms with E-state index in [1.165, 1.54) is 0 Å². The number of rotatable bonds is 2. The number of aromatic nitrogens is 2. The van der Waals surface area contributed by atoms with Crippen LogP contribution in [0, 0.1) is 5.92 Å². The molecule has 0 bridgehead atoms. The molecule has 4 heteroatoms. The topological polar surface area (TPSA) is 55.0 Å². The molecule has 3 rings (SSSR count). The molecule has 0 amide bonds. The molecule has 1 aromatic heterocycles. The monoisotopic (exact) mass is 228 g/mol. The molecule has 1 aromatic carbocycles. The second-order valence-corrected chi connectivity index (χ2v) is 4.15. The number of Topliss-reactive ketones (excluding diaryl/α,β-unsaturated/α-hetero) is 1. The van der Waals surface area contributed by atoms with Crippen LogP contribution in [0.1, 0.15) is 16.1 Å². The Morgan fingerprint density at radius 2 is 2.29 bits per heavy atom. The van der Waals surface area contributed by atoms with Crippen molar-refractivity contribution in [1.82, 2.24) is 9.97 Å². The van der Waals surface area contributed by atoms with Gasteiger partial charge in [-0.2, -0.15) is 0 Å². The van der Waals surface area contributed by atoms with E-state index in [1.807, 2.05) is 24.3 Å².